The molecule has 1 aromatic heterocycles. The summed E-state index contributed by atoms with van der Waals surface area (Å²) in [7, 11) is 3.75. The number of hydrogen-bond acceptors (Lipinski definition) is 7. The Hall–Kier alpha value is -2.09. The average molecular weight is 408 g/mol. The van der Waals surface area contributed by atoms with E-state index < -0.39 is 5.97 Å². The predicted octanol–water partition coefficient (Wildman–Crippen LogP) is 2.84. The molecule has 0 aliphatic carbocycles. The smallest absolute Gasteiger partial charge is 0.341 e. The second-order valence-electron chi connectivity index (χ2n) is 6.67. The van der Waals surface area contributed by atoms with Crippen LogP contribution < -0.4 is 9.64 Å². The van der Waals surface area contributed by atoms with Gasteiger partial charge in [0, 0.05) is 50.9 Å². The number of carbonyl (C=O) groups is 1. The summed E-state index contributed by atoms with van der Waals surface area (Å²) in [6, 6.07) is 3.83. The van der Waals surface area contributed by atoms with Crippen LogP contribution in [0.3, 0.4) is 0 Å². The van der Waals surface area contributed by atoms with Crippen LogP contribution in [0, 0.1) is 0 Å². The number of nitrogens with zero attached hydrogens (tertiary/aromatic N) is 3. The zero-order valence-corrected chi connectivity index (χ0v) is 17.3. The third kappa shape index (κ3) is 4.48. The van der Waals surface area contributed by atoms with Crippen molar-refractivity contribution >= 4 is 34.2 Å². The predicted molar refractivity (Wildman–Crippen MR) is 110 cm³/mol. The Morgan fingerprint density at radius 3 is 2.64 bits per heavy atom. The minimum Gasteiger partial charge on any atom is -0.489 e. The molecule has 0 spiro atoms. The quantitative estimate of drug-likeness (QED) is 0.516. The van der Waals surface area contributed by atoms with E-state index in [0.29, 0.717) is 29.1 Å². The fourth-order valence-electron chi connectivity index (χ4n) is 3.17. The van der Waals surface area contributed by atoms with Crippen LogP contribution in [0.15, 0.2) is 18.3 Å². The summed E-state index contributed by atoms with van der Waals surface area (Å²) >= 11 is 6.56. The van der Waals surface area contributed by atoms with E-state index in [2.05, 4.69) is 21.8 Å². The van der Waals surface area contributed by atoms with Crippen molar-refractivity contribution in [2.24, 2.45) is 0 Å². The van der Waals surface area contributed by atoms with Crippen LogP contribution in [0.4, 0.5) is 5.69 Å². The molecule has 1 fully saturated rings. The minimum absolute atomic E-state index is 0.272. The molecule has 1 aliphatic heterocycles. The molecule has 152 valence electrons. The molecule has 8 heteroatoms. The third-order valence-electron chi connectivity index (χ3n) is 4.77. The fourth-order valence-corrected chi connectivity index (χ4v) is 3.45. The Labute approximate surface area is 170 Å². The Morgan fingerprint density at radius 1 is 1.21 bits per heavy atom. The summed E-state index contributed by atoms with van der Waals surface area (Å²) < 4.78 is 16.2. The topological polar surface area (TPSA) is 64.1 Å². The third-order valence-corrected chi connectivity index (χ3v) is 5.17. The van der Waals surface area contributed by atoms with Gasteiger partial charge in [0.15, 0.2) is 0 Å². The Kier molecular flexibility index (Phi) is 6.93. The molecule has 0 radical (unpaired) electrons. The van der Waals surface area contributed by atoms with Crippen LogP contribution >= 0.6 is 11.6 Å². The van der Waals surface area contributed by atoms with Gasteiger partial charge in [-0.3, -0.25) is 4.98 Å². The summed E-state index contributed by atoms with van der Waals surface area (Å²) in [5, 5.41) is 1.06. The standard InChI is InChI=1S/C20H26ClN3O4/c1-4-27-20(25)15-13-22-16-12-18(28-10-9-26-3)17(11-14(16)19(15)21)24-7-5-23(2)6-8-24/h11-13H,4-10H2,1-3H3. The first kappa shape index (κ1) is 20.6. The number of pyridine rings is 1. The molecule has 7 nitrogen and oxygen atoms in total. The number of esters is 1. The second kappa shape index (κ2) is 9.41. The van der Waals surface area contributed by atoms with Gasteiger partial charge in [0.2, 0.25) is 0 Å². The second-order valence-corrected chi connectivity index (χ2v) is 7.05. The van der Waals surface area contributed by atoms with Gasteiger partial charge in [0.25, 0.3) is 0 Å². The molecule has 1 aromatic carbocycles. The highest BCUT2D eigenvalue weighted by molar-refractivity contribution is 6.38. The van der Waals surface area contributed by atoms with Crippen LogP contribution in [-0.2, 0) is 9.47 Å². The van der Waals surface area contributed by atoms with Gasteiger partial charge >= 0.3 is 5.97 Å². The van der Waals surface area contributed by atoms with Crippen molar-refractivity contribution in [3.05, 3.63) is 28.9 Å². The molecule has 0 atom stereocenters. The number of benzene rings is 1. The average Bonchev–Trinajstić information content (AvgIpc) is 2.69. The van der Waals surface area contributed by atoms with Crippen LogP contribution in [0.5, 0.6) is 5.75 Å². The van der Waals surface area contributed by atoms with Crippen molar-refractivity contribution in [2.45, 2.75) is 6.92 Å². The van der Waals surface area contributed by atoms with Crippen molar-refractivity contribution < 1.29 is 19.0 Å². The van der Waals surface area contributed by atoms with Gasteiger partial charge in [0.05, 0.1) is 35.0 Å². The van der Waals surface area contributed by atoms with Crippen LogP contribution in [0.2, 0.25) is 5.02 Å². The number of anilines is 1. The number of ether oxygens (including phenoxy) is 3. The lowest BCUT2D eigenvalue weighted by molar-refractivity contribution is 0.0526. The first-order chi connectivity index (χ1) is 13.5. The zero-order valence-electron chi connectivity index (χ0n) is 16.5. The van der Waals surface area contributed by atoms with Gasteiger partial charge < -0.3 is 24.0 Å². The Balaban J connectivity index is 2.03. The van der Waals surface area contributed by atoms with Crippen molar-refractivity contribution in [3.63, 3.8) is 0 Å². The van der Waals surface area contributed by atoms with Gasteiger partial charge in [-0.2, -0.15) is 0 Å². The maximum atomic E-state index is 12.2. The maximum Gasteiger partial charge on any atom is 0.341 e. The lowest BCUT2D eigenvalue weighted by Gasteiger charge is -2.35. The molecule has 2 aromatic rings. The van der Waals surface area contributed by atoms with Gasteiger partial charge in [-0.05, 0) is 20.0 Å². The highest BCUT2D eigenvalue weighted by atomic mass is 35.5. The largest absolute Gasteiger partial charge is 0.489 e. The van der Waals surface area contributed by atoms with E-state index in [4.69, 9.17) is 25.8 Å². The van der Waals surface area contributed by atoms with Crippen LogP contribution in [0.25, 0.3) is 10.9 Å². The van der Waals surface area contributed by atoms with E-state index >= 15 is 0 Å². The SMILES string of the molecule is CCOC(=O)c1cnc2cc(OCCOC)c(N3CCN(C)CC3)cc2c1Cl. The summed E-state index contributed by atoms with van der Waals surface area (Å²) in [6.45, 7) is 6.67. The van der Waals surface area contributed by atoms with Crippen molar-refractivity contribution in [1.29, 1.82) is 0 Å². The number of halogens is 1. The lowest BCUT2D eigenvalue weighted by Crippen LogP contribution is -2.44. The van der Waals surface area contributed by atoms with E-state index in [1.165, 1.54) is 6.20 Å². The van der Waals surface area contributed by atoms with E-state index in [1.807, 2.05) is 12.1 Å². The molecular formula is C20H26ClN3O4. The van der Waals surface area contributed by atoms with Crippen molar-refractivity contribution in [3.8, 4) is 5.75 Å². The molecule has 1 aliphatic rings. The fraction of sp³-hybridized carbons (Fsp3) is 0.500. The first-order valence-corrected chi connectivity index (χ1v) is 9.77. The molecule has 0 N–H and O–H groups in total. The van der Waals surface area contributed by atoms with E-state index in [0.717, 1.165) is 37.6 Å². The summed E-state index contributed by atoms with van der Waals surface area (Å²) in [5.41, 5.74) is 1.89. The molecule has 3 rings (SSSR count). The molecule has 0 saturated carbocycles. The highest BCUT2D eigenvalue weighted by Gasteiger charge is 2.22. The Morgan fingerprint density at radius 2 is 1.96 bits per heavy atom. The molecule has 0 bridgehead atoms. The van der Waals surface area contributed by atoms with Gasteiger partial charge in [-0.15, -0.1) is 0 Å². The first-order valence-electron chi connectivity index (χ1n) is 9.39. The normalized spacial score (nSPS) is 15.1. The summed E-state index contributed by atoms with van der Waals surface area (Å²) in [4.78, 5) is 21.1. The maximum absolute atomic E-state index is 12.2. The number of likely N-dealkylation sites (N-methyl/N-ethyl adjacent to an activating group) is 1. The van der Waals surface area contributed by atoms with Gasteiger partial charge in [-0.1, -0.05) is 11.6 Å². The van der Waals surface area contributed by atoms with Gasteiger partial charge in [0.1, 0.15) is 12.4 Å². The summed E-state index contributed by atoms with van der Waals surface area (Å²) in [5.74, 6) is 0.269. The Bertz CT molecular complexity index is 838. The number of fused-ring (bicyclic) bond motifs is 1. The minimum atomic E-state index is -0.469. The molecule has 28 heavy (non-hydrogen) atoms. The molecule has 2 heterocycles. The molecule has 0 unspecified atom stereocenters. The molecule has 1 saturated heterocycles. The van der Waals surface area contributed by atoms with Crippen molar-refractivity contribution in [2.75, 3.05) is 65.1 Å². The number of aromatic nitrogens is 1. The zero-order chi connectivity index (χ0) is 20.1. The van der Waals surface area contributed by atoms with E-state index in [-0.39, 0.29) is 12.2 Å². The van der Waals surface area contributed by atoms with Gasteiger partial charge in [-0.25, -0.2) is 4.79 Å². The molecule has 0 amide bonds. The van der Waals surface area contributed by atoms with Crippen molar-refractivity contribution in [1.82, 2.24) is 9.88 Å². The monoisotopic (exact) mass is 407 g/mol. The number of piperazine rings is 1. The number of methoxy groups -OCH3 is 1. The molecular weight excluding hydrogens is 382 g/mol. The number of rotatable bonds is 7. The van der Waals surface area contributed by atoms with E-state index in [9.17, 15) is 4.79 Å². The van der Waals surface area contributed by atoms with Crippen LogP contribution in [0.1, 0.15) is 17.3 Å². The highest BCUT2D eigenvalue weighted by Crippen LogP contribution is 2.37. The lowest BCUT2D eigenvalue weighted by atomic mass is 10.1. The van der Waals surface area contributed by atoms with Crippen LogP contribution in [-0.4, -0.2) is 76.0 Å². The van der Waals surface area contributed by atoms with E-state index in [1.54, 1.807) is 14.0 Å². The number of hydrogen-bond donors (Lipinski definition) is 0. The summed E-state index contributed by atoms with van der Waals surface area (Å²) in [6.07, 6.45) is 1.46. The number of carbonyl (C=O) groups excluding carboxylic acids is 1.